The summed E-state index contributed by atoms with van der Waals surface area (Å²) < 4.78 is 0. The molecule has 0 aromatic heterocycles. The van der Waals surface area contributed by atoms with Gasteiger partial charge in [0, 0.05) is 38.0 Å². The number of amides is 1. The number of carbonyl (C=O) groups is 1. The maximum absolute atomic E-state index is 11.3. The van der Waals surface area contributed by atoms with Gasteiger partial charge in [-0.05, 0) is 37.9 Å². The zero-order valence-corrected chi connectivity index (χ0v) is 13.4. The van der Waals surface area contributed by atoms with Crippen molar-refractivity contribution in [3.05, 3.63) is 35.9 Å². The Balaban J connectivity index is 1.36. The number of nitrogens with zero attached hydrogens (tertiary/aromatic N) is 1. The second-order valence-corrected chi connectivity index (χ2v) is 6.57. The number of piperidine rings is 1. The molecule has 3 rings (SSSR count). The molecule has 1 aliphatic carbocycles. The predicted molar refractivity (Wildman–Crippen MR) is 88.9 cm³/mol. The average molecular weight is 301 g/mol. The molecule has 1 saturated heterocycles. The molecular formula is C18H27N3O. The highest BCUT2D eigenvalue weighted by atomic mass is 16.1. The van der Waals surface area contributed by atoms with Gasteiger partial charge in [-0.2, -0.15) is 0 Å². The lowest BCUT2D eigenvalue weighted by Crippen LogP contribution is -2.44. The first kappa shape index (κ1) is 15.5. The van der Waals surface area contributed by atoms with Crippen molar-refractivity contribution in [2.24, 2.45) is 0 Å². The Morgan fingerprint density at radius 3 is 2.64 bits per heavy atom. The van der Waals surface area contributed by atoms with E-state index in [1.165, 1.54) is 24.8 Å². The largest absolute Gasteiger partial charge is 0.359 e. The minimum Gasteiger partial charge on any atom is -0.359 e. The second-order valence-electron chi connectivity index (χ2n) is 6.57. The van der Waals surface area contributed by atoms with Gasteiger partial charge >= 0.3 is 0 Å². The molecule has 4 heteroatoms. The minimum atomic E-state index is 0.143. The van der Waals surface area contributed by atoms with Gasteiger partial charge in [0.1, 0.15) is 0 Å². The van der Waals surface area contributed by atoms with E-state index in [4.69, 9.17) is 0 Å². The van der Waals surface area contributed by atoms with Gasteiger partial charge in [0.25, 0.3) is 0 Å². The molecule has 2 fully saturated rings. The maximum Gasteiger partial charge on any atom is 0.221 e. The normalized spacial score (nSPS) is 25.9. The van der Waals surface area contributed by atoms with Crippen LogP contribution in [0, 0.1) is 0 Å². The highest BCUT2D eigenvalue weighted by Gasteiger charge is 2.39. The summed E-state index contributed by atoms with van der Waals surface area (Å²) in [6, 6.07) is 12.2. The summed E-state index contributed by atoms with van der Waals surface area (Å²) in [6.45, 7) is 3.11. The first-order valence-electron chi connectivity index (χ1n) is 8.50. The molecule has 1 unspecified atom stereocenters. The number of hydrogen-bond acceptors (Lipinski definition) is 3. The first-order chi connectivity index (χ1) is 10.8. The summed E-state index contributed by atoms with van der Waals surface area (Å²) in [7, 11) is 1.71. The number of nitrogens with one attached hydrogen (secondary N) is 2. The fourth-order valence-electron chi connectivity index (χ4n) is 3.46. The number of hydrogen-bond donors (Lipinski definition) is 2. The Hall–Kier alpha value is -1.39. The molecule has 0 spiro atoms. The van der Waals surface area contributed by atoms with Crippen LogP contribution in [0.2, 0.25) is 0 Å². The van der Waals surface area contributed by atoms with E-state index >= 15 is 0 Å². The Kier molecular flexibility index (Phi) is 5.11. The van der Waals surface area contributed by atoms with Gasteiger partial charge < -0.3 is 15.5 Å². The van der Waals surface area contributed by atoms with Crippen molar-refractivity contribution >= 4 is 5.91 Å². The van der Waals surface area contributed by atoms with Crippen LogP contribution >= 0.6 is 0 Å². The third kappa shape index (κ3) is 4.08. The zero-order valence-electron chi connectivity index (χ0n) is 13.4. The van der Waals surface area contributed by atoms with E-state index in [0.717, 1.165) is 19.6 Å². The molecule has 1 heterocycles. The monoisotopic (exact) mass is 301 g/mol. The molecule has 1 aromatic carbocycles. The summed E-state index contributed by atoms with van der Waals surface area (Å²) in [5, 5.41) is 6.52. The third-order valence-corrected chi connectivity index (χ3v) is 4.99. The number of rotatable bonds is 6. The van der Waals surface area contributed by atoms with E-state index in [2.05, 4.69) is 45.9 Å². The van der Waals surface area contributed by atoms with Gasteiger partial charge in [0.15, 0.2) is 0 Å². The molecule has 2 atom stereocenters. The smallest absolute Gasteiger partial charge is 0.221 e. The van der Waals surface area contributed by atoms with E-state index in [1.54, 1.807) is 7.05 Å². The molecule has 1 aromatic rings. The van der Waals surface area contributed by atoms with Crippen LogP contribution in [-0.2, 0) is 4.79 Å². The van der Waals surface area contributed by atoms with Gasteiger partial charge in [-0.3, -0.25) is 4.79 Å². The Labute approximate surface area is 133 Å². The molecular weight excluding hydrogens is 274 g/mol. The molecule has 1 saturated carbocycles. The van der Waals surface area contributed by atoms with Gasteiger partial charge in [0.2, 0.25) is 5.91 Å². The van der Waals surface area contributed by atoms with Crippen LogP contribution in [0.25, 0.3) is 0 Å². The van der Waals surface area contributed by atoms with E-state index in [0.29, 0.717) is 24.4 Å². The van der Waals surface area contributed by atoms with Crippen LogP contribution in [0.4, 0.5) is 0 Å². The van der Waals surface area contributed by atoms with E-state index < -0.39 is 0 Å². The van der Waals surface area contributed by atoms with Crippen LogP contribution in [0.15, 0.2) is 30.3 Å². The molecule has 120 valence electrons. The van der Waals surface area contributed by atoms with Crippen molar-refractivity contribution in [3.63, 3.8) is 0 Å². The second kappa shape index (κ2) is 7.25. The van der Waals surface area contributed by atoms with Gasteiger partial charge in [-0.15, -0.1) is 0 Å². The summed E-state index contributed by atoms with van der Waals surface area (Å²) in [5.41, 5.74) is 1.48. The lowest BCUT2D eigenvalue weighted by molar-refractivity contribution is -0.121. The summed E-state index contributed by atoms with van der Waals surface area (Å²) in [6.07, 6.45) is 4.30. The highest BCUT2D eigenvalue weighted by molar-refractivity contribution is 5.75. The molecule has 22 heavy (non-hydrogen) atoms. The van der Waals surface area contributed by atoms with Crippen LogP contribution < -0.4 is 10.6 Å². The predicted octanol–water partition coefficient (Wildman–Crippen LogP) is 1.73. The lowest BCUT2D eigenvalue weighted by Gasteiger charge is -2.32. The minimum absolute atomic E-state index is 0.143. The van der Waals surface area contributed by atoms with Crippen molar-refractivity contribution in [1.29, 1.82) is 0 Å². The highest BCUT2D eigenvalue weighted by Crippen LogP contribution is 2.41. The third-order valence-electron chi connectivity index (χ3n) is 4.99. The number of benzene rings is 1. The van der Waals surface area contributed by atoms with Crippen molar-refractivity contribution in [2.75, 3.05) is 26.7 Å². The number of likely N-dealkylation sites (tertiary alicyclic amines) is 1. The molecule has 1 aliphatic heterocycles. The van der Waals surface area contributed by atoms with Gasteiger partial charge in [-0.1, -0.05) is 30.3 Å². The molecule has 1 amide bonds. The van der Waals surface area contributed by atoms with E-state index in [1.807, 2.05) is 0 Å². The van der Waals surface area contributed by atoms with Gasteiger partial charge in [-0.25, -0.2) is 0 Å². The van der Waals surface area contributed by atoms with Crippen LogP contribution in [0.5, 0.6) is 0 Å². The van der Waals surface area contributed by atoms with Gasteiger partial charge in [0.05, 0.1) is 0 Å². The zero-order chi connectivity index (χ0) is 15.4. The fourth-order valence-corrected chi connectivity index (χ4v) is 3.46. The van der Waals surface area contributed by atoms with Crippen LogP contribution in [0.1, 0.15) is 37.2 Å². The van der Waals surface area contributed by atoms with E-state index in [-0.39, 0.29) is 5.91 Å². The summed E-state index contributed by atoms with van der Waals surface area (Å²) in [4.78, 5) is 13.7. The SMILES string of the molecule is CNC(=O)CCN1CCC(N[C@@H]2CC2c2ccccc2)CC1. The molecule has 4 nitrogen and oxygen atoms in total. The van der Waals surface area contributed by atoms with E-state index in [9.17, 15) is 4.79 Å². The van der Waals surface area contributed by atoms with Crippen molar-refractivity contribution < 1.29 is 4.79 Å². The molecule has 0 bridgehead atoms. The van der Waals surface area contributed by atoms with Crippen molar-refractivity contribution in [3.8, 4) is 0 Å². The first-order valence-corrected chi connectivity index (χ1v) is 8.50. The quantitative estimate of drug-likeness (QED) is 0.841. The average Bonchev–Trinajstić information content (AvgIpc) is 3.34. The fraction of sp³-hybridized carbons (Fsp3) is 0.611. The maximum atomic E-state index is 11.3. The lowest BCUT2D eigenvalue weighted by atomic mass is 10.0. The van der Waals surface area contributed by atoms with Crippen molar-refractivity contribution in [1.82, 2.24) is 15.5 Å². The Morgan fingerprint density at radius 2 is 1.95 bits per heavy atom. The topological polar surface area (TPSA) is 44.4 Å². The number of carbonyl (C=O) groups excluding carboxylic acids is 1. The van der Waals surface area contributed by atoms with Crippen LogP contribution in [0.3, 0.4) is 0 Å². The standard InChI is InChI=1S/C18H27N3O/c1-19-18(22)9-12-21-10-7-15(8-11-21)20-17-13-16(17)14-5-3-2-4-6-14/h2-6,15-17,20H,7-13H2,1H3,(H,19,22)/t16?,17-/m1/s1. The summed E-state index contributed by atoms with van der Waals surface area (Å²) in [5.74, 6) is 0.858. The van der Waals surface area contributed by atoms with Crippen LogP contribution in [-0.4, -0.2) is 49.6 Å². The summed E-state index contributed by atoms with van der Waals surface area (Å²) >= 11 is 0. The Morgan fingerprint density at radius 1 is 1.23 bits per heavy atom. The molecule has 0 radical (unpaired) electrons. The molecule has 2 aliphatic rings. The molecule has 2 N–H and O–H groups in total. The Bertz CT molecular complexity index is 482. The van der Waals surface area contributed by atoms with Crippen molar-refractivity contribution in [2.45, 2.75) is 43.7 Å².